The first-order valence-corrected chi connectivity index (χ1v) is 7.99. The molecule has 0 radical (unpaired) electrons. The summed E-state index contributed by atoms with van der Waals surface area (Å²) in [6, 6.07) is 12.2. The van der Waals surface area contributed by atoms with E-state index in [9.17, 15) is 4.79 Å². The van der Waals surface area contributed by atoms with Crippen molar-refractivity contribution in [1.82, 2.24) is 19.8 Å². The molecule has 3 rings (SSSR count). The van der Waals surface area contributed by atoms with Crippen LogP contribution in [0.4, 0.5) is 0 Å². The molecule has 1 aliphatic rings. The zero-order chi connectivity index (χ0) is 16.2. The number of nitrogens with zero attached hydrogens (tertiary/aromatic N) is 4. The molecule has 1 fully saturated rings. The number of piperazine rings is 1. The van der Waals surface area contributed by atoms with Gasteiger partial charge in [-0.3, -0.25) is 9.69 Å². The Morgan fingerprint density at radius 1 is 1.04 bits per heavy atom. The van der Waals surface area contributed by atoms with Gasteiger partial charge in [0.25, 0.3) is 5.91 Å². The maximum absolute atomic E-state index is 12.6. The molecular weight excluding hydrogens is 288 g/mol. The molecule has 0 spiro atoms. The van der Waals surface area contributed by atoms with Crippen LogP contribution < -0.4 is 0 Å². The molecule has 0 unspecified atom stereocenters. The maximum Gasteiger partial charge on any atom is 0.272 e. The topological polar surface area (TPSA) is 49.3 Å². The van der Waals surface area contributed by atoms with Crippen LogP contribution in [-0.4, -0.2) is 51.9 Å². The molecule has 0 saturated carbocycles. The number of rotatable bonds is 3. The van der Waals surface area contributed by atoms with Crippen LogP contribution in [0.5, 0.6) is 0 Å². The van der Waals surface area contributed by atoms with Crippen molar-refractivity contribution in [2.45, 2.75) is 20.4 Å². The van der Waals surface area contributed by atoms with Crippen molar-refractivity contribution in [3.63, 3.8) is 0 Å². The van der Waals surface area contributed by atoms with E-state index in [4.69, 9.17) is 0 Å². The summed E-state index contributed by atoms with van der Waals surface area (Å²) in [6.45, 7) is 7.92. The normalized spacial score (nSPS) is 15.7. The first kappa shape index (κ1) is 15.6. The summed E-state index contributed by atoms with van der Waals surface area (Å²) in [7, 11) is 0. The molecule has 0 N–H and O–H groups in total. The number of aryl methyl sites for hydroxylation is 2. The van der Waals surface area contributed by atoms with E-state index in [-0.39, 0.29) is 5.91 Å². The van der Waals surface area contributed by atoms with Gasteiger partial charge in [-0.2, -0.15) is 0 Å². The highest BCUT2D eigenvalue weighted by atomic mass is 16.2. The van der Waals surface area contributed by atoms with Gasteiger partial charge in [-0.05, 0) is 25.5 Å². The van der Waals surface area contributed by atoms with Gasteiger partial charge >= 0.3 is 0 Å². The Hall–Kier alpha value is -2.27. The molecule has 1 aromatic carbocycles. The van der Waals surface area contributed by atoms with Crippen LogP contribution in [-0.2, 0) is 6.54 Å². The first-order valence-electron chi connectivity index (χ1n) is 7.99. The van der Waals surface area contributed by atoms with Crippen molar-refractivity contribution in [2.24, 2.45) is 0 Å². The van der Waals surface area contributed by atoms with Gasteiger partial charge in [0, 0.05) is 38.4 Å². The van der Waals surface area contributed by atoms with Crippen LogP contribution in [0.25, 0.3) is 0 Å². The van der Waals surface area contributed by atoms with Crippen molar-refractivity contribution >= 4 is 5.91 Å². The van der Waals surface area contributed by atoms with Crippen LogP contribution >= 0.6 is 0 Å². The molecule has 0 bridgehead atoms. The minimum atomic E-state index is 0.0120. The van der Waals surface area contributed by atoms with E-state index in [1.54, 1.807) is 6.07 Å². The lowest BCUT2D eigenvalue weighted by atomic mass is 10.2. The Morgan fingerprint density at radius 3 is 2.39 bits per heavy atom. The predicted octanol–water partition coefficient (Wildman–Crippen LogP) is 2.05. The monoisotopic (exact) mass is 310 g/mol. The second kappa shape index (κ2) is 6.87. The molecular formula is C18H22N4O. The predicted molar refractivity (Wildman–Crippen MR) is 89.1 cm³/mol. The fourth-order valence-electron chi connectivity index (χ4n) is 2.94. The molecule has 23 heavy (non-hydrogen) atoms. The van der Waals surface area contributed by atoms with Gasteiger partial charge in [0.1, 0.15) is 11.5 Å². The Morgan fingerprint density at radius 2 is 1.74 bits per heavy atom. The van der Waals surface area contributed by atoms with Gasteiger partial charge in [-0.1, -0.05) is 30.3 Å². The molecule has 1 aliphatic heterocycles. The Kier molecular flexibility index (Phi) is 4.67. The number of benzene rings is 1. The third kappa shape index (κ3) is 3.93. The van der Waals surface area contributed by atoms with Crippen LogP contribution in [0.15, 0.2) is 36.4 Å². The second-order valence-corrected chi connectivity index (χ2v) is 6.00. The molecule has 5 heteroatoms. The minimum absolute atomic E-state index is 0.0120. The largest absolute Gasteiger partial charge is 0.335 e. The molecule has 0 atom stereocenters. The molecule has 5 nitrogen and oxygen atoms in total. The number of carbonyl (C=O) groups is 1. The summed E-state index contributed by atoms with van der Waals surface area (Å²) in [5.41, 5.74) is 2.66. The lowest BCUT2D eigenvalue weighted by molar-refractivity contribution is 0.0622. The van der Waals surface area contributed by atoms with Crippen molar-refractivity contribution < 1.29 is 4.79 Å². The van der Waals surface area contributed by atoms with Crippen LogP contribution in [0.2, 0.25) is 0 Å². The summed E-state index contributed by atoms with van der Waals surface area (Å²) in [4.78, 5) is 25.4. The standard InChI is InChI=1S/C18H22N4O/c1-14-12-17(20-15(2)19-14)18(23)22-10-8-21(9-11-22)13-16-6-4-3-5-7-16/h3-7,12H,8-11,13H2,1-2H3. The van der Waals surface area contributed by atoms with E-state index in [2.05, 4.69) is 39.1 Å². The van der Waals surface area contributed by atoms with Crippen molar-refractivity contribution in [1.29, 1.82) is 0 Å². The molecule has 0 aliphatic carbocycles. The Labute approximate surface area is 137 Å². The van der Waals surface area contributed by atoms with E-state index in [0.29, 0.717) is 11.5 Å². The third-order valence-electron chi connectivity index (χ3n) is 4.09. The fraction of sp³-hybridized carbons (Fsp3) is 0.389. The summed E-state index contributed by atoms with van der Waals surface area (Å²) < 4.78 is 0. The van der Waals surface area contributed by atoms with Crippen LogP contribution in [0.1, 0.15) is 27.6 Å². The molecule has 1 amide bonds. The van der Waals surface area contributed by atoms with E-state index >= 15 is 0 Å². The second-order valence-electron chi connectivity index (χ2n) is 6.00. The summed E-state index contributed by atoms with van der Waals surface area (Å²) in [5, 5.41) is 0. The van der Waals surface area contributed by atoms with Crippen molar-refractivity contribution in [3.8, 4) is 0 Å². The number of amides is 1. The molecule has 1 aromatic heterocycles. The molecule has 1 saturated heterocycles. The van der Waals surface area contributed by atoms with Gasteiger partial charge < -0.3 is 4.90 Å². The molecule has 2 heterocycles. The molecule has 120 valence electrons. The van der Waals surface area contributed by atoms with E-state index in [1.807, 2.05) is 24.8 Å². The van der Waals surface area contributed by atoms with Gasteiger partial charge in [-0.15, -0.1) is 0 Å². The molecule has 2 aromatic rings. The number of hydrogen-bond donors (Lipinski definition) is 0. The Bertz CT molecular complexity index is 658. The third-order valence-corrected chi connectivity index (χ3v) is 4.09. The highest BCUT2D eigenvalue weighted by molar-refractivity contribution is 5.92. The van der Waals surface area contributed by atoms with Crippen LogP contribution in [0, 0.1) is 13.8 Å². The van der Waals surface area contributed by atoms with Gasteiger partial charge in [0.05, 0.1) is 0 Å². The summed E-state index contributed by atoms with van der Waals surface area (Å²) >= 11 is 0. The lowest BCUT2D eigenvalue weighted by Gasteiger charge is -2.34. The summed E-state index contributed by atoms with van der Waals surface area (Å²) in [5.74, 6) is 0.661. The SMILES string of the molecule is Cc1cc(C(=O)N2CCN(Cc3ccccc3)CC2)nc(C)n1. The van der Waals surface area contributed by atoms with Gasteiger partial charge in [-0.25, -0.2) is 9.97 Å². The first-order chi connectivity index (χ1) is 11.1. The van der Waals surface area contributed by atoms with Crippen molar-refractivity contribution in [2.75, 3.05) is 26.2 Å². The number of hydrogen-bond acceptors (Lipinski definition) is 4. The van der Waals surface area contributed by atoms with E-state index in [1.165, 1.54) is 5.56 Å². The lowest BCUT2D eigenvalue weighted by Crippen LogP contribution is -2.48. The van der Waals surface area contributed by atoms with Gasteiger partial charge in [0.15, 0.2) is 0 Å². The number of aromatic nitrogens is 2. The van der Waals surface area contributed by atoms with Crippen molar-refractivity contribution in [3.05, 3.63) is 59.2 Å². The van der Waals surface area contributed by atoms with E-state index < -0.39 is 0 Å². The van der Waals surface area contributed by atoms with Gasteiger partial charge in [0.2, 0.25) is 0 Å². The average Bonchev–Trinajstić information content (AvgIpc) is 2.55. The zero-order valence-corrected chi connectivity index (χ0v) is 13.7. The highest BCUT2D eigenvalue weighted by Gasteiger charge is 2.23. The fourth-order valence-corrected chi connectivity index (χ4v) is 2.94. The van der Waals surface area contributed by atoms with Crippen LogP contribution in [0.3, 0.4) is 0 Å². The quantitative estimate of drug-likeness (QED) is 0.870. The Balaban J connectivity index is 1.59. The average molecular weight is 310 g/mol. The smallest absolute Gasteiger partial charge is 0.272 e. The zero-order valence-electron chi connectivity index (χ0n) is 13.7. The minimum Gasteiger partial charge on any atom is -0.335 e. The maximum atomic E-state index is 12.6. The summed E-state index contributed by atoms with van der Waals surface area (Å²) in [6.07, 6.45) is 0. The highest BCUT2D eigenvalue weighted by Crippen LogP contribution is 2.11. The van der Waals surface area contributed by atoms with E-state index in [0.717, 1.165) is 38.4 Å². The number of carbonyl (C=O) groups excluding carboxylic acids is 1.